The van der Waals surface area contributed by atoms with Crippen LogP contribution in [0.4, 0.5) is 16.2 Å². The fraction of sp³-hybridized carbons (Fsp3) is 0.136. The minimum atomic E-state index is -3.94. The van der Waals surface area contributed by atoms with Gasteiger partial charge in [0.2, 0.25) is 0 Å². The predicted molar refractivity (Wildman–Crippen MR) is 130 cm³/mol. The van der Waals surface area contributed by atoms with Gasteiger partial charge in [-0.15, -0.1) is 11.3 Å². The van der Waals surface area contributed by atoms with Crippen LogP contribution in [0.5, 0.6) is 0 Å². The maximum Gasteiger partial charge on any atom is 0.333 e. The van der Waals surface area contributed by atoms with E-state index in [0.717, 1.165) is 28.4 Å². The van der Waals surface area contributed by atoms with Crippen LogP contribution in [0.15, 0.2) is 69.9 Å². The molecule has 0 atom stereocenters. The molecule has 170 valence electrons. The number of anilines is 2. The van der Waals surface area contributed by atoms with E-state index in [1.165, 1.54) is 17.0 Å². The molecule has 0 aliphatic carbocycles. The summed E-state index contributed by atoms with van der Waals surface area (Å²) in [5.41, 5.74) is 2.17. The highest BCUT2D eigenvalue weighted by Crippen LogP contribution is 2.21. The van der Waals surface area contributed by atoms with Crippen molar-refractivity contribution >= 4 is 49.7 Å². The largest absolute Gasteiger partial charge is 0.385 e. The number of hydrogen-bond acceptors (Lipinski definition) is 7. The molecule has 0 aliphatic heterocycles. The number of aryl methyl sites for hydroxylation is 1. The first kappa shape index (κ1) is 22.5. The summed E-state index contributed by atoms with van der Waals surface area (Å²) in [4.78, 5) is 30.3. The zero-order valence-corrected chi connectivity index (χ0v) is 19.5. The molecule has 33 heavy (non-hydrogen) atoms. The zero-order valence-electron chi connectivity index (χ0n) is 17.8. The quantitative estimate of drug-likeness (QED) is 0.384. The first-order chi connectivity index (χ1) is 15.8. The molecular formula is C22H21N5O4S2. The Morgan fingerprint density at radius 3 is 2.45 bits per heavy atom. The van der Waals surface area contributed by atoms with E-state index in [0.29, 0.717) is 22.3 Å². The minimum Gasteiger partial charge on any atom is -0.385 e. The monoisotopic (exact) mass is 483 g/mol. The molecule has 2 aromatic heterocycles. The van der Waals surface area contributed by atoms with Gasteiger partial charge in [0.15, 0.2) is 0 Å². The van der Waals surface area contributed by atoms with Crippen LogP contribution in [0.2, 0.25) is 0 Å². The average molecular weight is 484 g/mol. The number of nitrogens with zero attached hydrogens (tertiary/aromatic N) is 2. The lowest BCUT2D eigenvalue weighted by molar-refractivity contribution is 0.256. The predicted octanol–water partition coefficient (Wildman–Crippen LogP) is 3.70. The van der Waals surface area contributed by atoms with Crippen LogP contribution in [0.1, 0.15) is 11.8 Å². The second-order valence-corrected chi connectivity index (χ2v) is 10.4. The summed E-state index contributed by atoms with van der Waals surface area (Å²) in [7, 11) is -3.94. The van der Waals surface area contributed by atoms with Crippen LogP contribution in [-0.4, -0.2) is 30.5 Å². The van der Waals surface area contributed by atoms with Gasteiger partial charge < -0.3 is 10.6 Å². The van der Waals surface area contributed by atoms with Crippen LogP contribution in [0.3, 0.4) is 0 Å². The van der Waals surface area contributed by atoms with Gasteiger partial charge in [-0.25, -0.2) is 22.9 Å². The van der Waals surface area contributed by atoms with Crippen molar-refractivity contribution in [1.82, 2.24) is 14.3 Å². The normalized spacial score (nSPS) is 11.3. The second-order valence-electron chi connectivity index (χ2n) is 7.15. The molecule has 9 nitrogen and oxygen atoms in total. The van der Waals surface area contributed by atoms with Crippen LogP contribution in [-0.2, 0) is 10.0 Å². The van der Waals surface area contributed by atoms with Crippen LogP contribution in [0.25, 0.3) is 16.6 Å². The third-order valence-electron chi connectivity index (χ3n) is 4.75. The first-order valence-corrected chi connectivity index (χ1v) is 12.3. The van der Waals surface area contributed by atoms with Gasteiger partial charge >= 0.3 is 6.03 Å². The third-order valence-corrected chi connectivity index (χ3v) is 7.57. The summed E-state index contributed by atoms with van der Waals surface area (Å²) in [6.45, 7) is 4.53. The SMILES string of the molecule is CCNc1ccc2c(=O)n(-c3ccc(NC(=O)NS(=O)(=O)c4ccc(C)s4)cc3)cnc2c1. The van der Waals surface area contributed by atoms with Crippen molar-refractivity contribution in [2.75, 3.05) is 17.2 Å². The maximum absolute atomic E-state index is 12.9. The summed E-state index contributed by atoms with van der Waals surface area (Å²) < 4.78 is 28.0. The van der Waals surface area contributed by atoms with Gasteiger partial charge in [-0.05, 0) is 68.4 Å². The molecule has 11 heteroatoms. The summed E-state index contributed by atoms with van der Waals surface area (Å²) >= 11 is 1.08. The average Bonchev–Trinajstić information content (AvgIpc) is 3.22. The van der Waals surface area contributed by atoms with E-state index in [2.05, 4.69) is 15.6 Å². The van der Waals surface area contributed by atoms with Gasteiger partial charge in [-0.1, -0.05) is 0 Å². The number of sulfonamides is 1. The van der Waals surface area contributed by atoms with E-state index in [9.17, 15) is 18.0 Å². The van der Waals surface area contributed by atoms with Crippen LogP contribution >= 0.6 is 11.3 Å². The number of rotatable bonds is 6. The van der Waals surface area contributed by atoms with Gasteiger partial charge in [0.25, 0.3) is 15.6 Å². The smallest absolute Gasteiger partial charge is 0.333 e. The number of carbonyl (C=O) groups excluding carboxylic acids is 1. The lowest BCUT2D eigenvalue weighted by Gasteiger charge is -2.10. The molecular weight excluding hydrogens is 462 g/mol. The molecule has 2 amide bonds. The first-order valence-electron chi connectivity index (χ1n) is 10.0. The van der Waals surface area contributed by atoms with Crippen molar-refractivity contribution in [1.29, 1.82) is 0 Å². The van der Waals surface area contributed by atoms with Gasteiger partial charge in [0, 0.05) is 22.8 Å². The van der Waals surface area contributed by atoms with E-state index in [4.69, 9.17) is 0 Å². The molecule has 4 rings (SSSR count). The summed E-state index contributed by atoms with van der Waals surface area (Å²) in [6, 6.07) is 14.0. The standard InChI is InChI=1S/C22H21N5O4S2/c1-3-23-16-7-10-18-19(12-16)24-13-27(21(18)28)17-8-5-15(6-9-17)25-22(29)26-33(30,31)20-11-4-14(2)32-20/h4-13,23H,3H2,1-2H3,(H2,25,26,29). The molecule has 0 radical (unpaired) electrons. The summed E-state index contributed by atoms with van der Waals surface area (Å²) in [5, 5.41) is 6.15. The molecule has 3 N–H and O–H groups in total. The van der Waals surface area contributed by atoms with Crippen molar-refractivity contribution in [2.24, 2.45) is 0 Å². The fourth-order valence-electron chi connectivity index (χ4n) is 3.21. The molecule has 0 spiro atoms. The number of aromatic nitrogens is 2. The Labute approximate surface area is 194 Å². The number of benzene rings is 2. The molecule has 2 aromatic carbocycles. The molecule has 4 aromatic rings. The summed E-state index contributed by atoms with van der Waals surface area (Å²) in [5.74, 6) is 0. The zero-order chi connectivity index (χ0) is 23.6. The number of urea groups is 1. The van der Waals surface area contributed by atoms with Crippen molar-refractivity contribution in [2.45, 2.75) is 18.1 Å². The van der Waals surface area contributed by atoms with Crippen molar-refractivity contribution in [3.05, 3.63) is 76.2 Å². The minimum absolute atomic E-state index is 0.0614. The lowest BCUT2D eigenvalue weighted by atomic mass is 10.2. The Hall–Kier alpha value is -3.70. The van der Waals surface area contributed by atoms with Crippen molar-refractivity contribution in [3.63, 3.8) is 0 Å². The Kier molecular flexibility index (Phi) is 6.16. The lowest BCUT2D eigenvalue weighted by Crippen LogP contribution is -2.33. The van der Waals surface area contributed by atoms with E-state index >= 15 is 0 Å². The molecule has 2 heterocycles. The van der Waals surface area contributed by atoms with E-state index in [1.54, 1.807) is 43.3 Å². The Balaban J connectivity index is 1.50. The van der Waals surface area contributed by atoms with Gasteiger partial charge in [0.1, 0.15) is 10.5 Å². The topological polar surface area (TPSA) is 122 Å². The van der Waals surface area contributed by atoms with Gasteiger partial charge in [0.05, 0.1) is 16.6 Å². The molecule has 0 saturated heterocycles. The van der Waals surface area contributed by atoms with Crippen LogP contribution in [0, 0.1) is 6.92 Å². The van der Waals surface area contributed by atoms with E-state index in [1.807, 2.05) is 23.8 Å². The number of hydrogen-bond donors (Lipinski definition) is 3. The molecule has 0 aliphatic rings. The van der Waals surface area contributed by atoms with E-state index in [-0.39, 0.29) is 9.77 Å². The maximum atomic E-state index is 12.9. The van der Waals surface area contributed by atoms with Crippen molar-refractivity contribution < 1.29 is 13.2 Å². The molecule has 0 fully saturated rings. The van der Waals surface area contributed by atoms with Gasteiger partial charge in [-0.3, -0.25) is 9.36 Å². The van der Waals surface area contributed by atoms with Gasteiger partial charge in [-0.2, -0.15) is 0 Å². The molecule has 0 saturated carbocycles. The molecule has 0 bridgehead atoms. The highest BCUT2D eigenvalue weighted by molar-refractivity contribution is 7.92. The fourth-order valence-corrected chi connectivity index (χ4v) is 5.40. The number of amides is 2. The number of nitrogens with one attached hydrogen (secondary N) is 3. The second kappa shape index (κ2) is 9.04. The third kappa shape index (κ3) is 4.89. The van der Waals surface area contributed by atoms with Crippen LogP contribution < -0.4 is 20.9 Å². The summed E-state index contributed by atoms with van der Waals surface area (Å²) in [6.07, 6.45) is 1.45. The number of fused-ring (bicyclic) bond motifs is 1. The number of carbonyl (C=O) groups is 1. The number of thiophene rings is 1. The Bertz CT molecular complexity index is 1490. The Morgan fingerprint density at radius 2 is 1.79 bits per heavy atom. The molecule has 0 unspecified atom stereocenters. The Morgan fingerprint density at radius 1 is 1.06 bits per heavy atom. The van der Waals surface area contributed by atoms with Crippen molar-refractivity contribution in [3.8, 4) is 5.69 Å². The highest BCUT2D eigenvalue weighted by Gasteiger charge is 2.19. The van der Waals surface area contributed by atoms with E-state index < -0.39 is 16.1 Å². The highest BCUT2D eigenvalue weighted by atomic mass is 32.2.